The van der Waals surface area contributed by atoms with E-state index in [0.29, 0.717) is 5.92 Å². The van der Waals surface area contributed by atoms with Crippen LogP contribution in [0.15, 0.2) is 6.20 Å². The molecule has 0 bridgehead atoms. The SMILES string of the molecule is Cc1nc(N2CCCCC2)ncc1CNCC(C)C. The summed E-state index contributed by atoms with van der Waals surface area (Å²) >= 11 is 0. The van der Waals surface area contributed by atoms with Crippen molar-refractivity contribution in [1.82, 2.24) is 15.3 Å². The van der Waals surface area contributed by atoms with E-state index in [1.54, 1.807) is 0 Å². The molecule has 2 rings (SSSR count). The predicted octanol–water partition coefficient (Wildman–Crippen LogP) is 2.52. The lowest BCUT2D eigenvalue weighted by atomic mass is 10.1. The molecule has 0 aliphatic carbocycles. The first-order valence-corrected chi connectivity index (χ1v) is 7.45. The lowest BCUT2D eigenvalue weighted by molar-refractivity contribution is 0.548. The third-order valence-electron chi connectivity index (χ3n) is 3.58. The second-order valence-electron chi connectivity index (χ2n) is 5.85. The second kappa shape index (κ2) is 6.85. The standard InChI is InChI=1S/C15H26N4/c1-12(2)9-16-10-14-11-17-15(18-13(14)3)19-7-5-4-6-8-19/h11-12,16H,4-10H2,1-3H3. The Morgan fingerprint density at radius 2 is 2.00 bits per heavy atom. The molecule has 0 radical (unpaired) electrons. The van der Waals surface area contributed by atoms with Crippen LogP contribution in [0.3, 0.4) is 0 Å². The molecule has 19 heavy (non-hydrogen) atoms. The summed E-state index contributed by atoms with van der Waals surface area (Å²) in [6.45, 7) is 10.6. The van der Waals surface area contributed by atoms with Crippen LogP contribution in [0.4, 0.5) is 5.95 Å². The molecule has 4 heteroatoms. The summed E-state index contributed by atoms with van der Waals surface area (Å²) in [5.41, 5.74) is 2.31. The molecule has 1 saturated heterocycles. The molecule has 0 atom stereocenters. The summed E-state index contributed by atoms with van der Waals surface area (Å²) in [6, 6.07) is 0. The number of aromatic nitrogens is 2. The first kappa shape index (κ1) is 14.3. The fraction of sp³-hybridized carbons (Fsp3) is 0.733. The Kier molecular flexibility index (Phi) is 5.14. The van der Waals surface area contributed by atoms with Gasteiger partial charge in [-0.15, -0.1) is 0 Å². The van der Waals surface area contributed by atoms with Gasteiger partial charge in [0.2, 0.25) is 5.95 Å². The summed E-state index contributed by atoms with van der Waals surface area (Å²) in [6.07, 6.45) is 5.85. The number of anilines is 1. The van der Waals surface area contributed by atoms with Crippen molar-refractivity contribution in [2.24, 2.45) is 5.92 Å². The molecule has 0 amide bonds. The topological polar surface area (TPSA) is 41.1 Å². The summed E-state index contributed by atoms with van der Waals surface area (Å²) < 4.78 is 0. The highest BCUT2D eigenvalue weighted by Gasteiger charge is 2.14. The summed E-state index contributed by atoms with van der Waals surface area (Å²) in [5.74, 6) is 1.58. The van der Waals surface area contributed by atoms with Gasteiger partial charge >= 0.3 is 0 Å². The lowest BCUT2D eigenvalue weighted by Gasteiger charge is -2.27. The number of nitrogens with one attached hydrogen (secondary N) is 1. The van der Waals surface area contributed by atoms with Crippen LogP contribution in [0.5, 0.6) is 0 Å². The van der Waals surface area contributed by atoms with Crippen LogP contribution in [-0.4, -0.2) is 29.6 Å². The Hall–Kier alpha value is -1.16. The van der Waals surface area contributed by atoms with Gasteiger partial charge in [0.25, 0.3) is 0 Å². The number of rotatable bonds is 5. The van der Waals surface area contributed by atoms with Crippen LogP contribution in [0.1, 0.15) is 44.4 Å². The Morgan fingerprint density at radius 1 is 1.26 bits per heavy atom. The molecule has 0 unspecified atom stereocenters. The predicted molar refractivity (Wildman–Crippen MR) is 79.4 cm³/mol. The maximum atomic E-state index is 4.67. The number of aryl methyl sites for hydroxylation is 1. The van der Waals surface area contributed by atoms with Crippen molar-refractivity contribution < 1.29 is 0 Å². The van der Waals surface area contributed by atoms with E-state index in [-0.39, 0.29) is 0 Å². The Labute approximate surface area is 116 Å². The van der Waals surface area contributed by atoms with Gasteiger partial charge in [0, 0.05) is 37.1 Å². The van der Waals surface area contributed by atoms with Gasteiger partial charge in [0.1, 0.15) is 0 Å². The monoisotopic (exact) mass is 262 g/mol. The van der Waals surface area contributed by atoms with Gasteiger partial charge in [-0.25, -0.2) is 9.97 Å². The van der Waals surface area contributed by atoms with E-state index >= 15 is 0 Å². The highest BCUT2D eigenvalue weighted by Crippen LogP contribution is 2.16. The van der Waals surface area contributed by atoms with Gasteiger partial charge in [0.05, 0.1) is 0 Å². The molecule has 1 aliphatic rings. The molecule has 0 saturated carbocycles. The van der Waals surface area contributed by atoms with Crippen molar-refractivity contribution in [2.75, 3.05) is 24.5 Å². The fourth-order valence-corrected chi connectivity index (χ4v) is 2.40. The van der Waals surface area contributed by atoms with Gasteiger partial charge < -0.3 is 10.2 Å². The minimum absolute atomic E-state index is 0.675. The fourth-order valence-electron chi connectivity index (χ4n) is 2.40. The van der Waals surface area contributed by atoms with Gasteiger partial charge in [0.15, 0.2) is 0 Å². The zero-order valence-electron chi connectivity index (χ0n) is 12.4. The second-order valence-corrected chi connectivity index (χ2v) is 5.85. The van der Waals surface area contributed by atoms with Crippen molar-refractivity contribution in [2.45, 2.75) is 46.6 Å². The molecular formula is C15H26N4. The van der Waals surface area contributed by atoms with Gasteiger partial charge in [-0.2, -0.15) is 0 Å². The maximum absolute atomic E-state index is 4.67. The molecule has 4 nitrogen and oxygen atoms in total. The van der Waals surface area contributed by atoms with E-state index < -0.39 is 0 Å². The van der Waals surface area contributed by atoms with Crippen molar-refractivity contribution in [3.8, 4) is 0 Å². The maximum Gasteiger partial charge on any atom is 0.225 e. The molecule has 1 aliphatic heterocycles. The molecule has 1 aromatic rings. The minimum atomic E-state index is 0.675. The van der Waals surface area contributed by atoms with Crippen molar-refractivity contribution in [3.63, 3.8) is 0 Å². The van der Waals surface area contributed by atoms with Crippen LogP contribution >= 0.6 is 0 Å². The van der Waals surface area contributed by atoms with Gasteiger partial charge in [-0.1, -0.05) is 13.8 Å². The van der Waals surface area contributed by atoms with E-state index in [2.05, 4.69) is 41.0 Å². The first-order valence-electron chi connectivity index (χ1n) is 7.45. The third-order valence-corrected chi connectivity index (χ3v) is 3.58. The third kappa shape index (κ3) is 4.16. The Balaban J connectivity index is 1.96. The van der Waals surface area contributed by atoms with E-state index in [1.165, 1.54) is 24.8 Å². The molecule has 0 spiro atoms. The zero-order valence-corrected chi connectivity index (χ0v) is 12.4. The average Bonchev–Trinajstić information content (AvgIpc) is 2.41. The van der Waals surface area contributed by atoms with Gasteiger partial charge in [-0.3, -0.25) is 0 Å². The normalized spacial score (nSPS) is 16.1. The molecule has 106 valence electrons. The van der Waals surface area contributed by atoms with Crippen LogP contribution in [-0.2, 0) is 6.54 Å². The number of hydrogen-bond acceptors (Lipinski definition) is 4. The zero-order chi connectivity index (χ0) is 13.7. The number of hydrogen-bond donors (Lipinski definition) is 1. The average molecular weight is 262 g/mol. The minimum Gasteiger partial charge on any atom is -0.341 e. The first-order chi connectivity index (χ1) is 9.16. The highest BCUT2D eigenvalue weighted by molar-refractivity contribution is 5.33. The van der Waals surface area contributed by atoms with Crippen molar-refractivity contribution in [3.05, 3.63) is 17.5 Å². The van der Waals surface area contributed by atoms with E-state index in [0.717, 1.165) is 37.8 Å². The Bertz CT molecular complexity index is 397. The number of piperidine rings is 1. The van der Waals surface area contributed by atoms with Crippen molar-refractivity contribution in [1.29, 1.82) is 0 Å². The molecule has 1 fully saturated rings. The largest absolute Gasteiger partial charge is 0.341 e. The molecule has 2 heterocycles. The highest BCUT2D eigenvalue weighted by atomic mass is 15.2. The smallest absolute Gasteiger partial charge is 0.225 e. The summed E-state index contributed by atoms with van der Waals surface area (Å²) in [4.78, 5) is 11.5. The molecular weight excluding hydrogens is 236 g/mol. The van der Waals surface area contributed by atoms with Crippen LogP contribution in [0.25, 0.3) is 0 Å². The molecule has 1 aromatic heterocycles. The quantitative estimate of drug-likeness (QED) is 0.885. The van der Waals surface area contributed by atoms with Crippen LogP contribution < -0.4 is 10.2 Å². The van der Waals surface area contributed by atoms with Crippen molar-refractivity contribution >= 4 is 5.95 Å². The Morgan fingerprint density at radius 3 is 2.63 bits per heavy atom. The summed E-state index contributed by atoms with van der Waals surface area (Å²) in [7, 11) is 0. The van der Waals surface area contributed by atoms with Gasteiger partial charge in [-0.05, 0) is 38.6 Å². The van der Waals surface area contributed by atoms with E-state index in [4.69, 9.17) is 0 Å². The summed E-state index contributed by atoms with van der Waals surface area (Å²) in [5, 5.41) is 3.45. The lowest BCUT2D eigenvalue weighted by Crippen LogP contribution is -2.31. The van der Waals surface area contributed by atoms with E-state index in [1.807, 2.05) is 6.20 Å². The van der Waals surface area contributed by atoms with Crippen LogP contribution in [0, 0.1) is 12.8 Å². The van der Waals surface area contributed by atoms with E-state index in [9.17, 15) is 0 Å². The molecule has 1 N–H and O–H groups in total. The molecule has 0 aromatic carbocycles. The number of nitrogens with zero attached hydrogens (tertiary/aromatic N) is 3. The van der Waals surface area contributed by atoms with Crippen LogP contribution in [0.2, 0.25) is 0 Å².